The second-order valence-corrected chi connectivity index (χ2v) is 2.63. The summed E-state index contributed by atoms with van der Waals surface area (Å²) in [6.07, 6.45) is 1.24. The molecule has 0 unspecified atom stereocenters. The molecule has 48 valence electrons. The summed E-state index contributed by atoms with van der Waals surface area (Å²) in [4.78, 5) is 0. The van der Waals surface area contributed by atoms with Gasteiger partial charge < -0.3 is 11.1 Å². The van der Waals surface area contributed by atoms with Crippen LogP contribution in [0, 0.1) is 5.92 Å². The van der Waals surface area contributed by atoms with Crippen molar-refractivity contribution in [3.63, 3.8) is 0 Å². The van der Waals surface area contributed by atoms with E-state index in [4.69, 9.17) is 5.73 Å². The van der Waals surface area contributed by atoms with Gasteiger partial charge in [0.25, 0.3) is 0 Å². The van der Waals surface area contributed by atoms with Crippen LogP contribution in [0.2, 0.25) is 0 Å². The smallest absolute Gasteiger partial charge is 0.0191 e. The highest BCUT2D eigenvalue weighted by Crippen LogP contribution is 2.07. The monoisotopic (exact) mass is 114 g/mol. The van der Waals surface area contributed by atoms with Gasteiger partial charge in [-0.15, -0.1) is 0 Å². The Bertz CT molecular complexity index is 62.9. The van der Waals surface area contributed by atoms with Crippen LogP contribution < -0.4 is 11.1 Å². The Morgan fingerprint density at radius 1 is 1.62 bits per heavy atom. The fourth-order valence-electron chi connectivity index (χ4n) is 1.01. The lowest BCUT2D eigenvalue weighted by molar-refractivity contribution is 0.348. The standard InChI is InChI=1S/C6H14N2/c1-5-2-3-8-4-6(5)7/h5-6,8H,2-4,7H2,1H3/t5-,6+/m1/s1. The Labute approximate surface area is 50.4 Å². The van der Waals surface area contributed by atoms with Gasteiger partial charge in [0, 0.05) is 12.6 Å². The number of hydrogen-bond acceptors (Lipinski definition) is 2. The Balaban J connectivity index is 2.28. The fourth-order valence-corrected chi connectivity index (χ4v) is 1.01. The Hall–Kier alpha value is -0.0800. The lowest BCUT2D eigenvalue weighted by Crippen LogP contribution is -2.44. The summed E-state index contributed by atoms with van der Waals surface area (Å²) in [7, 11) is 0. The molecule has 1 saturated heterocycles. The van der Waals surface area contributed by atoms with Crippen LogP contribution in [-0.2, 0) is 0 Å². The molecular weight excluding hydrogens is 100 g/mol. The quantitative estimate of drug-likeness (QED) is 0.463. The summed E-state index contributed by atoms with van der Waals surface area (Å²) in [5.41, 5.74) is 5.72. The van der Waals surface area contributed by atoms with E-state index in [2.05, 4.69) is 12.2 Å². The largest absolute Gasteiger partial charge is 0.326 e. The molecule has 2 heteroatoms. The van der Waals surface area contributed by atoms with Crippen molar-refractivity contribution < 1.29 is 0 Å². The van der Waals surface area contributed by atoms with Crippen molar-refractivity contribution >= 4 is 0 Å². The minimum atomic E-state index is 0.392. The molecule has 1 aliphatic heterocycles. The van der Waals surface area contributed by atoms with E-state index < -0.39 is 0 Å². The van der Waals surface area contributed by atoms with E-state index in [0.29, 0.717) is 6.04 Å². The predicted octanol–water partition coefficient (Wildman–Crippen LogP) is -0.0569. The van der Waals surface area contributed by atoms with Crippen LogP contribution in [0.3, 0.4) is 0 Å². The van der Waals surface area contributed by atoms with Gasteiger partial charge in [-0.3, -0.25) is 0 Å². The molecule has 0 aliphatic carbocycles. The highest BCUT2D eigenvalue weighted by molar-refractivity contribution is 4.76. The zero-order valence-electron chi connectivity index (χ0n) is 5.35. The summed E-state index contributed by atoms with van der Waals surface area (Å²) in [5, 5.41) is 3.24. The SMILES string of the molecule is C[C@@H]1CCNC[C@@H]1N. The zero-order valence-corrected chi connectivity index (χ0v) is 5.35. The maximum atomic E-state index is 5.72. The first-order valence-corrected chi connectivity index (χ1v) is 3.27. The van der Waals surface area contributed by atoms with E-state index in [1.54, 1.807) is 0 Å². The van der Waals surface area contributed by atoms with Crippen LogP contribution in [0.1, 0.15) is 13.3 Å². The third-order valence-electron chi connectivity index (χ3n) is 1.89. The molecule has 1 rings (SSSR count). The van der Waals surface area contributed by atoms with E-state index in [9.17, 15) is 0 Å². The van der Waals surface area contributed by atoms with Crippen molar-refractivity contribution in [3.05, 3.63) is 0 Å². The number of nitrogens with two attached hydrogens (primary N) is 1. The molecule has 1 fully saturated rings. The van der Waals surface area contributed by atoms with Gasteiger partial charge in [0.2, 0.25) is 0 Å². The van der Waals surface area contributed by atoms with Crippen LogP contribution in [0.4, 0.5) is 0 Å². The van der Waals surface area contributed by atoms with Crippen LogP contribution in [0.25, 0.3) is 0 Å². The molecule has 0 saturated carbocycles. The number of piperidine rings is 1. The van der Waals surface area contributed by atoms with Crippen molar-refractivity contribution in [3.8, 4) is 0 Å². The molecule has 2 atom stereocenters. The molecule has 0 bridgehead atoms. The summed E-state index contributed by atoms with van der Waals surface area (Å²) in [5.74, 6) is 0.719. The van der Waals surface area contributed by atoms with Crippen LogP contribution in [0.5, 0.6) is 0 Å². The minimum Gasteiger partial charge on any atom is -0.326 e. The van der Waals surface area contributed by atoms with E-state index >= 15 is 0 Å². The molecule has 2 nitrogen and oxygen atoms in total. The van der Waals surface area contributed by atoms with Gasteiger partial charge in [-0.1, -0.05) is 6.92 Å². The molecule has 0 amide bonds. The lowest BCUT2D eigenvalue weighted by atomic mass is 9.96. The minimum absolute atomic E-state index is 0.392. The number of hydrogen-bond donors (Lipinski definition) is 2. The molecule has 3 N–H and O–H groups in total. The average Bonchev–Trinajstić information content (AvgIpc) is 1.77. The van der Waals surface area contributed by atoms with E-state index in [1.807, 2.05) is 0 Å². The van der Waals surface area contributed by atoms with E-state index in [0.717, 1.165) is 19.0 Å². The molecule has 1 heterocycles. The van der Waals surface area contributed by atoms with Gasteiger partial charge in [-0.2, -0.15) is 0 Å². The van der Waals surface area contributed by atoms with Crippen molar-refractivity contribution in [2.45, 2.75) is 19.4 Å². The fraction of sp³-hybridized carbons (Fsp3) is 1.00. The summed E-state index contributed by atoms with van der Waals surface area (Å²) >= 11 is 0. The van der Waals surface area contributed by atoms with Crippen LogP contribution in [0.15, 0.2) is 0 Å². The van der Waals surface area contributed by atoms with Crippen molar-refractivity contribution in [1.82, 2.24) is 5.32 Å². The first kappa shape index (κ1) is 6.05. The van der Waals surface area contributed by atoms with Gasteiger partial charge in [-0.25, -0.2) is 0 Å². The zero-order chi connectivity index (χ0) is 5.98. The van der Waals surface area contributed by atoms with Crippen molar-refractivity contribution in [1.29, 1.82) is 0 Å². The molecule has 0 radical (unpaired) electrons. The maximum Gasteiger partial charge on any atom is 0.0191 e. The van der Waals surface area contributed by atoms with Gasteiger partial charge in [-0.05, 0) is 18.9 Å². The number of nitrogens with one attached hydrogen (secondary N) is 1. The summed E-state index contributed by atoms with van der Waals surface area (Å²) in [6.45, 7) is 4.36. The Morgan fingerprint density at radius 3 is 2.75 bits per heavy atom. The average molecular weight is 114 g/mol. The first-order valence-electron chi connectivity index (χ1n) is 3.27. The van der Waals surface area contributed by atoms with Crippen molar-refractivity contribution in [2.24, 2.45) is 11.7 Å². The van der Waals surface area contributed by atoms with E-state index in [-0.39, 0.29) is 0 Å². The third kappa shape index (κ3) is 1.20. The Kier molecular flexibility index (Phi) is 1.86. The lowest BCUT2D eigenvalue weighted by Gasteiger charge is -2.25. The maximum absolute atomic E-state index is 5.72. The second-order valence-electron chi connectivity index (χ2n) is 2.63. The van der Waals surface area contributed by atoms with Gasteiger partial charge in [0.15, 0.2) is 0 Å². The normalized spacial score (nSPS) is 39.8. The van der Waals surface area contributed by atoms with Crippen LogP contribution in [-0.4, -0.2) is 19.1 Å². The molecule has 0 aromatic carbocycles. The first-order chi connectivity index (χ1) is 3.80. The van der Waals surface area contributed by atoms with Gasteiger partial charge >= 0.3 is 0 Å². The highest BCUT2D eigenvalue weighted by Gasteiger charge is 2.15. The predicted molar refractivity (Wildman–Crippen MR) is 34.6 cm³/mol. The molecule has 8 heavy (non-hydrogen) atoms. The summed E-state index contributed by atoms with van der Waals surface area (Å²) in [6, 6.07) is 0.392. The van der Waals surface area contributed by atoms with Gasteiger partial charge in [0.05, 0.1) is 0 Å². The second kappa shape index (κ2) is 2.46. The number of rotatable bonds is 0. The molecule has 0 aromatic rings. The molecule has 0 spiro atoms. The topological polar surface area (TPSA) is 38.0 Å². The molecular formula is C6H14N2. The van der Waals surface area contributed by atoms with Crippen LogP contribution >= 0.6 is 0 Å². The summed E-state index contributed by atoms with van der Waals surface area (Å²) < 4.78 is 0. The van der Waals surface area contributed by atoms with E-state index in [1.165, 1.54) is 6.42 Å². The van der Waals surface area contributed by atoms with Crippen molar-refractivity contribution in [2.75, 3.05) is 13.1 Å². The molecule has 0 aromatic heterocycles. The van der Waals surface area contributed by atoms with Gasteiger partial charge in [0.1, 0.15) is 0 Å². The third-order valence-corrected chi connectivity index (χ3v) is 1.89. The highest BCUT2D eigenvalue weighted by atomic mass is 14.9. The Morgan fingerprint density at radius 2 is 2.38 bits per heavy atom. The molecule has 1 aliphatic rings.